The first-order valence-corrected chi connectivity index (χ1v) is 5.84. The number of carbonyl (C=O) groups is 1. The predicted octanol–water partition coefficient (Wildman–Crippen LogP) is -0.204. The van der Waals surface area contributed by atoms with E-state index < -0.39 is 0 Å². The molecule has 0 aliphatic heterocycles. The van der Waals surface area contributed by atoms with E-state index in [1.165, 1.54) is 23.7 Å². The standard InChI is InChI=1S/C11H13N5O2/c1-16-5-13-7-8(14-15-9(7)11(16)18)10(17)12-4-6-2-3-6/h5-6H,2-4H2,1H3,(H,12,17)(H,14,15). The van der Waals surface area contributed by atoms with Crippen LogP contribution in [0.5, 0.6) is 0 Å². The van der Waals surface area contributed by atoms with Crippen LogP contribution in [-0.2, 0) is 7.05 Å². The van der Waals surface area contributed by atoms with Gasteiger partial charge in [0, 0.05) is 13.6 Å². The highest BCUT2D eigenvalue weighted by molar-refractivity contribution is 6.02. The average Bonchev–Trinajstić information content (AvgIpc) is 3.09. The molecule has 2 aromatic rings. The van der Waals surface area contributed by atoms with Crippen molar-refractivity contribution in [2.45, 2.75) is 12.8 Å². The third-order valence-corrected chi connectivity index (χ3v) is 3.10. The fourth-order valence-corrected chi connectivity index (χ4v) is 1.79. The van der Waals surface area contributed by atoms with Crippen molar-refractivity contribution < 1.29 is 4.79 Å². The van der Waals surface area contributed by atoms with Gasteiger partial charge in [-0.1, -0.05) is 0 Å². The first-order valence-electron chi connectivity index (χ1n) is 5.84. The minimum Gasteiger partial charge on any atom is -0.350 e. The number of aromatic amines is 1. The third-order valence-electron chi connectivity index (χ3n) is 3.10. The normalized spacial score (nSPS) is 14.9. The van der Waals surface area contributed by atoms with E-state index in [-0.39, 0.29) is 22.7 Å². The van der Waals surface area contributed by atoms with Crippen molar-refractivity contribution in [2.75, 3.05) is 6.54 Å². The van der Waals surface area contributed by atoms with Crippen LogP contribution in [0, 0.1) is 5.92 Å². The van der Waals surface area contributed by atoms with E-state index in [9.17, 15) is 9.59 Å². The monoisotopic (exact) mass is 247 g/mol. The van der Waals surface area contributed by atoms with E-state index in [2.05, 4.69) is 20.5 Å². The molecule has 7 heteroatoms. The molecule has 1 saturated carbocycles. The highest BCUT2D eigenvalue weighted by Crippen LogP contribution is 2.27. The second-order valence-electron chi connectivity index (χ2n) is 4.61. The largest absolute Gasteiger partial charge is 0.350 e. The number of fused-ring (bicyclic) bond motifs is 1. The lowest BCUT2D eigenvalue weighted by Gasteiger charge is -2.01. The Bertz CT molecular complexity index is 668. The molecule has 0 aromatic carbocycles. The zero-order valence-electron chi connectivity index (χ0n) is 9.93. The Labute approximate surface area is 102 Å². The van der Waals surface area contributed by atoms with Crippen LogP contribution in [0.2, 0.25) is 0 Å². The maximum Gasteiger partial charge on any atom is 0.279 e. The Morgan fingerprint density at radius 2 is 2.39 bits per heavy atom. The molecule has 3 rings (SSSR count). The van der Waals surface area contributed by atoms with Crippen molar-refractivity contribution in [3.05, 3.63) is 22.4 Å². The summed E-state index contributed by atoms with van der Waals surface area (Å²) in [5.74, 6) is 0.314. The van der Waals surface area contributed by atoms with Crippen LogP contribution >= 0.6 is 0 Å². The van der Waals surface area contributed by atoms with Gasteiger partial charge in [-0.05, 0) is 18.8 Å². The summed E-state index contributed by atoms with van der Waals surface area (Å²) in [6.45, 7) is 0.665. The predicted molar refractivity (Wildman–Crippen MR) is 64.2 cm³/mol. The number of H-pyrrole nitrogens is 1. The molecule has 0 radical (unpaired) electrons. The number of rotatable bonds is 3. The van der Waals surface area contributed by atoms with Gasteiger partial charge in [-0.3, -0.25) is 14.7 Å². The van der Waals surface area contributed by atoms with Crippen molar-refractivity contribution in [2.24, 2.45) is 13.0 Å². The fourth-order valence-electron chi connectivity index (χ4n) is 1.79. The molecule has 1 amide bonds. The van der Waals surface area contributed by atoms with Crippen LogP contribution < -0.4 is 10.9 Å². The van der Waals surface area contributed by atoms with Crippen LogP contribution in [0.1, 0.15) is 23.3 Å². The summed E-state index contributed by atoms with van der Waals surface area (Å²) in [4.78, 5) is 27.7. The number of nitrogens with one attached hydrogen (secondary N) is 2. The van der Waals surface area contributed by atoms with Crippen LogP contribution in [0.3, 0.4) is 0 Å². The number of aromatic nitrogens is 4. The van der Waals surface area contributed by atoms with E-state index in [0.29, 0.717) is 18.0 Å². The van der Waals surface area contributed by atoms with E-state index in [4.69, 9.17) is 0 Å². The smallest absolute Gasteiger partial charge is 0.279 e. The maximum absolute atomic E-state index is 11.9. The van der Waals surface area contributed by atoms with Gasteiger partial charge in [-0.25, -0.2) is 4.98 Å². The van der Waals surface area contributed by atoms with Gasteiger partial charge in [0.2, 0.25) is 0 Å². The first kappa shape index (κ1) is 10.9. The van der Waals surface area contributed by atoms with Crippen molar-refractivity contribution in [1.29, 1.82) is 0 Å². The second kappa shape index (κ2) is 3.94. The minimum atomic E-state index is -0.283. The summed E-state index contributed by atoms with van der Waals surface area (Å²) < 4.78 is 1.34. The van der Waals surface area contributed by atoms with Gasteiger partial charge in [0.15, 0.2) is 11.2 Å². The summed E-state index contributed by atoms with van der Waals surface area (Å²) >= 11 is 0. The van der Waals surface area contributed by atoms with E-state index in [0.717, 1.165) is 0 Å². The molecular formula is C11H13N5O2. The van der Waals surface area contributed by atoms with Crippen LogP contribution in [0.25, 0.3) is 11.0 Å². The quantitative estimate of drug-likeness (QED) is 0.785. The number of nitrogens with zero attached hydrogens (tertiary/aromatic N) is 3. The minimum absolute atomic E-state index is 0.184. The molecule has 1 aliphatic rings. The Morgan fingerprint density at radius 3 is 3.11 bits per heavy atom. The van der Waals surface area contributed by atoms with Crippen molar-refractivity contribution in [3.8, 4) is 0 Å². The lowest BCUT2D eigenvalue weighted by Crippen LogP contribution is -2.26. The summed E-state index contributed by atoms with van der Waals surface area (Å²) in [5, 5.41) is 9.26. The van der Waals surface area contributed by atoms with E-state index >= 15 is 0 Å². The van der Waals surface area contributed by atoms with Gasteiger partial charge in [0.25, 0.3) is 11.5 Å². The molecule has 0 unspecified atom stereocenters. The van der Waals surface area contributed by atoms with Crippen molar-refractivity contribution >= 4 is 16.9 Å². The molecule has 0 saturated heterocycles. The Kier molecular flexibility index (Phi) is 2.39. The lowest BCUT2D eigenvalue weighted by atomic mass is 10.3. The van der Waals surface area contributed by atoms with Crippen molar-refractivity contribution in [3.63, 3.8) is 0 Å². The summed E-state index contributed by atoms with van der Waals surface area (Å²) in [5.41, 5.74) is 0.528. The highest BCUT2D eigenvalue weighted by Gasteiger charge is 2.23. The topological polar surface area (TPSA) is 92.7 Å². The molecular weight excluding hydrogens is 234 g/mol. The molecule has 0 spiro atoms. The van der Waals surface area contributed by atoms with E-state index in [1.807, 2.05) is 0 Å². The maximum atomic E-state index is 11.9. The van der Waals surface area contributed by atoms with Gasteiger partial charge >= 0.3 is 0 Å². The molecule has 2 aromatic heterocycles. The summed E-state index contributed by atoms with van der Waals surface area (Å²) in [7, 11) is 1.60. The number of hydrogen-bond acceptors (Lipinski definition) is 4. The Hall–Kier alpha value is -2.18. The van der Waals surface area contributed by atoms with Crippen LogP contribution in [0.4, 0.5) is 0 Å². The molecule has 2 N–H and O–H groups in total. The Morgan fingerprint density at radius 1 is 1.61 bits per heavy atom. The fraction of sp³-hybridized carbons (Fsp3) is 0.455. The number of carbonyl (C=O) groups excluding carboxylic acids is 1. The zero-order valence-corrected chi connectivity index (χ0v) is 9.93. The number of amides is 1. The van der Waals surface area contributed by atoms with Gasteiger partial charge < -0.3 is 9.88 Å². The molecule has 7 nitrogen and oxygen atoms in total. The van der Waals surface area contributed by atoms with Crippen LogP contribution in [-0.4, -0.2) is 32.2 Å². The van der Waals surface area contributed by atoms with Gasteiger partial charge in [0.1, 0.15) is 5.52 Å². The molecule has 2 heterocycles. The molecule has 1 aliphatic carbocycles. The second-order valence-corrected chi connectivity index (χ2v) is 4.61. The van der Waals surface area contributed by atoms with Gasteiger partial charge in [0.05, 0.1) is 6.33 Å². The molecule has 0 atom stereocenters. The first-order chi connectivity index (χ1) is 8.66. The average molecular weight is 247 g/mol. The molecule has 1 fully saturated rings. The van der Waals surface area contributed by atoms with Gasteiger partial charge in [-0.15, -0.1) is 0 Å². The number of aryl methyl sites for hydroxylation is 1. The SMILES string of the molecule is Cn1cnc2c(C(=O)NCC3CC3)n[nH]c2c1=O. The number of hydrogen-bond donors (Lipinski definition) is 2. The summed E-state index contributed by atoms with van der Waals surface area (Å²) in [6.07, 6.45) is 3.72. The molecule has 0 bridgehead atoms. The summed E-state index contributed by atoms with van der Waals surface area (Å²) in [6, 6.07) is 0. The third kappa shape index (κ3) is 1.77. The zero-order chi connectivity index (χ0) is 12.7. The molecule has 18 heavy (non-hydrogen) atoms. The highest BCUT2D eigenvalue weighted by atomic mass is 16.2. The van der Waals surface area contributed by atoms with Crippen molar-refractivity contribution in [1.82, 2.24) is 25.1 Å². The lowest BCUT2D eigenvalue weighted by molar-refractivity contribution is 0.0948. The molecule has 94 valence electrons. The Balaban J connectivity index is 1.94. The van der Waals surface area contributed by atoms with E-state index in [1.54, 1.807) is 7.05 Å². The van der Waals surface area contributed by atoms with Gasteiger partial charge in [-0.2, -0.15) is 5.10 Å². The van der Waals surface area contributed by atoms with Crippen LogP contribution in [0.15, 0.2) is 11.1 Å².